The van der Waals surface area contributed by atoms with Gasteiger partial charge in [0.1, 0.15) is 23.1 Å². The number of ether oxygens (including phenoxy) is 3. The molecule has 0 spiro atoms. The Kier molecular flexibility index (Phi) is 7.53. The van der Waals surface area contributed by atoms with Crippen LogP contribution in [0.2, 0.25) is 0 Å². The van der Waals surface area contributed by atoms with Gasteiger partial charge in [-0.3, -0.25) is 4.79 Å². The summed E-state index contributed by atoms with van der Waals surface area (Å²) >= 11 is 0. The highest BCUT2D eigenvalue weighted by atomic mass is 16.6. The monoisotopic (exact) mass is 422 g/mol. The van der Waals surface area contributed by atoms with Crippen molar-refractivity contribution in [3.8, 4) is 11.5 Å². The Hall–Kier alpha value is -2.97. The second kappa shape index (κ2) is 9.69. The summed E-state index contributed by atoms with van der Waals surface area (Å²) in [5, 5.41) is 11.8. The highest BCUT2D eigenvalue weighted by Gasteiger charge is 2.36. The number of rotatable bonds is 8. The first kappa shape index (κ1) is 23.3. The Bertz CT molecular complexity index is 788. The zero-order valence-corrected chi connectivity index (χ0v) is 18.1. The van der Waals surface area contributed by atoms with E-state index >= 15 is 0 Å². The standard InChI is InChI=1S/C21H30N2O7/c1-21(2,3)30-20(27)22-16(19(25)26)10-13-8-9-23(18(13)24)12-14-6-7-15(28-4)11-17(14)29-5/h6-7,11,13,16H,8-10,12H2,1-5H3,(H,22,27)(H,25,26)/t13-,16-/m0/s1. The van der Waals surface area contributed by atoms with E-state index in [0.29, 0.717) is 31.0 Å². The molecule has 1 aliphatic heterocycles. The van der Waals surface area contributed by atoms with Crippen LogP contribution in [0.1, 0.15) is 39.2 Å². The number of hydrogen-bond donors (Lipinski definition) is 2. The minimum absolute atomic E-state index is 0.00363. The smallest absolute Gasteiger partial charge is 0.408 e. The third-order valence-corrected chi connectivity index (χ3v) is 4.77. The Balaban J connectivity index is 2.01. The van der Waals surface area contributed by atoms with Crippen molar-refractivity contribution in [2.24, 2.45) is 5.92 Å². The van der Waals surface area contributed by atoms with Crippen molar-refractivity contribution in [2.75, 3.05) is 20.8 Å². The first-order valence-corrected chi connectivity index (χ1v) is 9.76. The van der Waals surface area contributed by atoms with E-state index in [-0.39, 0.29) is 12.3 Å². The molecule has 2 rings (SSSR count). The third-order valence-electron chi connectivity index (χ3n) is 4.77. The van der Waals surface area contributed by atoms with Gasteiger partial charge in [0, 0.05) is 30.6 Å². The molecule has 2 N–H and O–H groups in total. The molecule has 1 heterocycles. The van der Waals surface area contributed by atoms with Crippen LogP contribution in [-0.4, -0.2) is 60.4 Å². The molecular formula is C21H30N2O7. The van der Waals surface area contributed by atoms with Gasteiger partial charge in [0.05, 0.1) is 14.2 Å². The first-order chi connectivity index (χ1) is 14.0. The number of aliphatic carboxylic acids is 1. The molecule has 2 amide bonds. The summed E-state index contributed by atoms with van der Waals surface area (Å²) in [6.07, 6.45) is -0.305. The van der Waals surface area contributed by atoms with E-state index < -0.39 is 29.6 Å². The van der Waals surface area contributed by atoms with Gasteiger partial charge in [0.25, 0.3) is 0 Å². The maximum absolute atomic E-state index is 12.8. The topological polar surface area (TPSA) is 114 Å². The number of carbonyl (C=O) groups excluding carboxylic acids is 2. The van der Waals surface area contributed by atoms with Crippen molar-refractivity contribution in [3.05, 3.63) is 23.8 Å². The van der Waals surface area contributed by atoms with E-state index in [1.807, 2.05) is 6.07 Å². The van der Waals surface area contributed by atoms with Gasteiger partial charge in [0.2, 0.25) is 5.91 Å². The number of methoxy groups -OCH3 is 2. The molecule has 0 aliphatic carbocycles. The van der Waals surface area contributed by atoms with Crippen LogP contribution in [0.25, 0.3) is 0 Å². The molecule has 0 unspecified atom stereocenters. The lowest BCUT2D eigenvalue weighted by Gasteiger charge is -2.23. The van der Waals surface area contributed by atoms with Gasteiger partial charge in [-0.05, 0) is 45.7 Å². The van der Waals surface area contributed by atoms with Gasteiger partial charge >= 0.3 is 12.1 Å². The van der Waals surface area contributed by atoms with Gasteiger partial charge in [-0.2, -0.15) is 0 Å². The van der Waals surface area contributed by atoms with E-state index in [2.05, 4.69) is 5.32 Å². The summed E-state index contributed by atoms with van der Waals surface area (Å²) in [6, 6.07) is 4.17. The van der Waals surface area contributed by atoms with E-state index in [1.54, 1.807) is 52.0 Å². The van der Waals surface area contributed by atoms with Gasteiger partial charge in [0.15, 0.2) is 0 Å². The summed E-state index contributed by atoms with van der Waals surface area (Å²) < 4.78 is 15.7. The number of carbonyl (C=O) groups is 3. The van der Waals surface area contributed by atoms with Crippen LogP contribution in [0.4, 0.5) is 4.79 Å². The second-order valence-electron chi connectivity index (χ2n) is 8.20. The van der Waals surface area contributed by atoms with Crippen molar-refractivity contribution in [1.29, 1.82) is 0 Å². The molecule has 1 fully saturated rings. The highest BCUT2D eigenvalue weighted by molar-refractivity contribution is 5.84. The van der Waals surface area contributed by atoms with Gasteiger partial charge in [-0.25, -0.2) is 9.59 Å². The highest BCUT2D eigenvalue weighted by Crippen LogP contribution is 2.29. The van der Waals surface area contributed by atoms with E-state index in [0.717, 1.165) is 5.56 Å². The van der Waals surface area contributed by atoms with Crippen LogP contribution in [0, 0.1) is 5.92 Å². The number of likely N-dealkylation sites (tertiary alicyclic amines) is 1. The number of nitrogens with zero attached hydrogens (tertiary/aromatic N) is 1. The van der Waals surface area contributed by atoms with E-state index in [1.165, 1.54) is 0 Å². The molecule has 1 aromatic carbocycles. The van der Waals surface area contributed by atoms with Crippen molar-refractivity contribution in [2.45, 2.75) is 51.8 Å². The normalized spacial score (nSPS) is 17.4. The average Bonchev–Trinajstić information content (AvgIpc) is 2.99. The van der Waals surface area contributed by atoms with Crippen LogP contribution in [-0.2, 0) is 20.9 Å². The molecule has 2 atom stereocenters. The van der Waals surface area contributed by atoms with Crippen molar-refractivity contribution in [1.82, 2.24) is 10.2 Å². The van der Waals surface area contributed by atoms with Crippen molar-refractivity contribution in [3.63, 3.8) is 0 Å². The molecule has 0 saturated carbocycles. The predicted octanol–water partition coefficient (Wildman–Crippen LogP) is 2.42. The number of alkyl carbamates (subject to hydrolysis) is 1. The second-order valence-corrected chi connectivity index (χ2v) is 8.20. The minimum Gasteiger partial charge on any atom is -0.497 e. The predicted molar refractivity (Wildman–Crippen MR) is 108 cm³/mol. The Morgan fingerprint density at radius 2 is 1.97 bits per heavy atom. The molecule has 0 bridgehead atoms. The number of benzene rings is 1. The number of amides is 2. The molecule has 30 heavy (non-hydrogen) atoms. The van der Waals surface area contributed by atoms with Gasteiger partial charge in [-0.1, -0.05) is 0 Å². The number of hydrogen-bond acceptors (Lipinski definition) is 6. The lowest BCUT2D eigenvalue weighted by molar-refractivity contribution is -0.140. The molecule has 9 heteroatoms. The van der Waals surface area contributed by atoms with Gasteiger partial charge in [-0.15, -0.1) is 0 Å². The maximum atomic E-state index is 12.8. The summed E-state index contributed by atoms with van der Waals surface area (Å²) in [6.45, 7) is 5.91. The summed E-state index contributed by atoms with van der Waals surface area (Å²) in [5.41, 5.74) is 0.0822. The lowest BCUT2D eigenvalue weighted by atomic mass is 9.98. The van der Waals surface area contributed by atoms with Gasteiger partial charge < -0.3 is 29.5 Å². The van der Waals surface area contributed by atoms with Crippen molar-refractivity contribution >= 4 is 18.0 Å². The zero-order chi connectivity index (χ0) is 22.5. The molecule has 1 aromatic rings. The molecule has 1 aliphatic rings. The maximum Gasteiger partial charge on any atom is 0.408 e. The molecule has 9 nitrogen and oxygen atoms in total. The van der Waals surface area contributed by atoms with E-state index in [4.69, 9.17) is 14.2 Å². The van der Waals surface area contributed by atoms with E-state index in [9.17, 15) is 19.5 Å². The Morgan fingerprint density at radius 3 is 2.53 bits per heavy atom. The van der Waals surface area contributed by atoms with Crippen LogP contribution in [0.5, 0.6) is 11.5 Å². The first-order valence-electron chi connectivity index (χ1n) is 9.76. The molecule has 166 valence electrons. The van der Waals surface area contributed by atoms with Crippen LogP contribution in [0.3, 0.4) is 0 Å². The van der Waals surface area contributed by atoms with Crippen LogP contribution in [0.15, 0.2) is 18.2 Å². The molecule has 1 saturated heterocycles. The summed E-state index contributed by atoms with van der Waals surface area (Å²) in [7, 11) is 3.11. The number of carboxylic acid groups (broad SMARTS) is 1. The quantitative estimate of drug-likeness (QED) is 0.661. The molecule has 0 radical (unpaired) electrons. The molecular weight excluding hydrogens is 392 g/mol. The minimum atomic E-state index is -1.20. The fraction of sp³-hybridized carbons (Fsp3) is 0.571. The molecule has 0 aromatic heterocycles. The largest absolute Gasteiger partial charge is 0.497 e. The number of carboxylic acids is 1. The Labute approximate surface area is 176 Å². The fourth-order valence-corrected chi connectivity index (χ4v) is 3.32. The summed E-state index contributed by atoms with van der Waals surface area (Å²) in [5.74, 6) is -0.585. The SMILES string of the molecule is COc1ccc(CN2CC[C@@H](C[C@H](NC(=O)OC(C)(C)C)C(=O)O)C2=O)c(OC)c1. The third kappa shape index (κ3) is 6.27. The average molecular weight is 422 g/mol. The lowest BCUT2D eigenvalue weighted by Crippen LogP contribution is -2.45. The number of nitrogens with one attached hydrogen (secondary N) is 1. The van der Waals surface area contributed by atoms with Crippen molar-refractivity contribution < 1.29 is 33.7 Å². The van der Waals surface area contributed by atoms with Crippen LogP contribution >= 0.6 is 0 Å². The summed E-state index contributed by atoms with van der Waals surface area (Å²) in [4.78, 5) is 38.0. The Morgan fingerprint density at radius 1 is 1.27 bits per heavy atom. The fourth-order valence-electron chi connectivity index (χ4n) is 3.32. The van der Waals surface area contributed by atoms with Crippen LogP contribution < -0.4 is 14.8 Å². The zero-order valence-electron chi connectivity index (χ0n) is 18.1.